The molecule has 0 amide bonds. The van der Waals surface area contributed by atoms with Crippen LogP contribution in [0.25, 0.3) is 0 Å². The van der Waals surface area contributed by atoms with Crippen LogP contribution in [-0.2, 0) is 9.59 Å². The third-order valence-electron chi connectivity index (χ3n) is 2.20. The Balaban J connectivity index is 2.68. The Morgan fingerprint density at radius 2 is 2.12 bits per heavy atom. The van der Waals surface area contributed by atoms with Gasteiger partial charge in [-0.25, -0.2) is 0 Å². The lowest BCUT2D eigenvalue weighted by Gasteiger charge is -2.18. The lowest BCUT2D eigenvalue weighted by Crippen LogP contribution is -2.19. The predicted molar refractivity (Wildman–Crippen MR) is 67.9 cm³/mol. The fourth-order valence-electron chi connectivity index (χ4n) is 1.42. The normalized spacial score (nSPS) is 13.9. The van der Waals surface area contributed by atoms with Crippen LogP contribution in [0.2, 0.25) is 0 Å². The number of carbonyl (C=O) groups excluding carboxylic acids is 1. The number of hydrogen-bond donors (Lipinski definition) is 2. The third-order valence-corrected chi connectivity index (χ3v) is 3.61. The van der Waals surface area contributed by atoms with E-state index < -0.39 is 11.2 Å². The zero-order chi connectivity index (χ0) is 12.7. The maximum absolute atomic E-state index is 10.8. The molecule has 2 unspecified atom stereocenters. The van der Waals surface area contributed by atoms with Crippen molar-refractivity contribution in [2.45, 2.75) is 17.0 Å². The van der Waals surface area contributed by atoms with Crippen molar-refractivity contribution in [2.24, 2.45) is 0 Å². The molecule has 4 nitrogen and oxygen atoms in total. The molecule has 0 aliphatic heterocycles. The number of nitrogens with one attached hydrogen (secondary N) is 1. The van der Waals surface area contributed by atoms with Crippen molar-refractivity contribution in [1.29, 1.82) is 0 Å². The molecule has 5 heteroatoms. The van der Waals surface area contributed by atoms with Crippen LogP contribution in [0.1, 0.15) is 17.4 Å². The average Bonchev–Trinajstić information content (AvgIpc) is 2.35. The van der Waals surface area contributed by atoms with Crippen LogP contribution in [0.3, 0.4) is 0 Å². The van der Waals surface area contributed by atoms with Gasteiger partial charge in [-0.1, -0.05) is 30.3 Å². The first-order valence-electron chi connectivity index (χ1n) is 5.22. The Morgan fingerprint density at radius 3 is 2.59 bits per heavy atom. The van der Waals surface area contributed by atoms with Gasteiger partial charge in [-0.15, -0.1) is 11.8 Å². The molecule has 0 aromatic heterocycles. The largest absolute Gasteiger partial charge is 0.481 e. The zero-order valence-electron chi connectivity index (χ0n) is 9.50. The summed E-state index contributed by atoms with van der Waals surface area (Å²) in [5, 5.41) is 11.1. The Labute approximate surface area is 104 Å². The van der Waals surface area contributed by atoms with Gasteiger partial charge in [0.05, 0.1) is 17.0 Å². The summed E-state index contributed by atoms with van der Waals surface area (Å²) < 4.78 is 0. The minimum Gasteiger partial charge on any atom is -0.481 e. The van der Waals surface area contributed by atoms with E-state index in [4.69, 9.17) is 5.11 Å². The Bertz CT molecular complexity index is 369. The summed E-state index contributed by atoms with van der Waals surface area (Å²) >= 11 is 1.31. The maximum atomic E-state index is 10.8. The van der Waals surface area contributed by atoms with Gasteiger partial charge >= 0.3 is 5.97 Å². The third kappa shape index (κ3) is 4.58. The number of rotatable bonds is 7. The van der Waals surface area contributed by atoms with Crippen LogP contribution in [-0.4, -0.2) is 29.7 Å². The number of hydrogen-bond acceptors (Lipinski definition) is 4. The number of carboxylic acids is 1. The molecule has 2 N–H and O–H groups in total. The first kappa shape index (κ1) is 13.7. The van der Waals surface area contributed by atoms with Gasteiger partial charge < -0.3 is 15.2 Å². The molecule has 1 rings (SSSR count). The van der Waals surface area contributed by atoms with Crippen LogP contribution in [0.4, 0.5) is 0 Å². The summed E-state index contributed by atoms with van der Waals surface area (Å²) in [5.41, 5.74) is 1.03. The van der Waals surface area contributed by atoms with Gasteiger partial charge in [0.2, 0.25) is 0 Å². The van der Waals surface area contributed by atoms with Crippen LogP contribution >= 0.6 is 11.8 Å². The highest BCUT2D eigenvalue weighted by Gasteiger charge is 2.19. The van der Waals surface area contributed by atoms with E-state index in [0.29, 0.717) is 6.29 Å². The number of carboxylic acid groups (broad SMARTS) is 1. The van der Waals surface area contributed by atoms with E-state index in [-0.39, 0.29) is 11.8 Å². The topological polar surface area (TPSA) is 66.4 Å². The highest BCUT2D eigenvalue weighted by Crippen LogP contribution is 2.30. The molecule has 0 bridgehead atoms. The summed E-state index contributed by atoms with van der Waals surface area (Å²) in [6.07, 6.45) is 0.533. The van der Waals surface area contributed by atoms with E-state index in [1.165, 1.54) is 11.8 Å². The van der Waals surface area contributed by atoms with Gasteiger partial charge in [0, 0.05) is 0 Å². The second-order valence-electron chi connectivity index (χ2n) is 3.49. The molecule has 0 aliphatic rings. The fourth-order valence-corrected chi connectivity index (χ4v) is 2.52. The molecule has 0 saturated carbocycles. The van der Waals surface area contributed by atoms with Crippen LogP contribution in [0.15, 0.2) is 30.3 Å². The molecule has 0 heterocycles. The van der Waals surface area contributed by atoms with E-state index in [9.17, 15) is 9.59 Å². The van der Waals surface area contributed by atoms with Gasteiger partial charge in [-0.3, -0.25) is 4.79 Å². The number of aliphatic carboxylic acids is 1. The Kier molecular flexibility index (Phi) is 5.72. The van der Waals surface area contributed by atoms with E-state index in [2.05, 4.69) is 5.32 Å². The van der Waals surface area contributed by atoms with Crippen molar-refractivity contribution in [3.05, 3.63) is 35.9 Å². The molecule has 0 fully saturated rings. The standard InChI is InChI=1S/C12H15NO3S/c1-13-12(9-5-3-2-4-6-9)17-10(8-14)7-11(15)16/h2-6,8,10,12-13H,7H2,1H3,(H,15,16). The minimum atomic E-state index is -0.961. The van der Waals surface area contributed by atoms with Crippen molar-refractivity contribution < 1.29 is 14.7 Å². The molecule has 17 heavy (non-hydrogen) atoms. The lowest BCUT2D eigenvalue weighted by atomic mass is 10.2. The molecule has 0 saturated heterocycles. The second-order valence-corrected chi connectivity index (χ2v) is 4.84. The molecule has 1 aromatic carbocycles. The van der Waals surface area contributed by atoms with Crippen LogP contribution < -0.4 is 5.32 Å². The first-order chi connectivity index (χ1) is 8.17. The highest BCUT2D eigenvalue weighted by molar-refractivity contribution is 8.00. The maximum Gasteiger partial charge on any atom is 0.304 e. The summed E-state index contributed by atoms with van der Waals surface area (Å²) in [7, 11) is 1.79. The fraction of sp³-hybridized carbons (Fsp3) is 0.333. The molecular formula is C12H15NO3S. The zero-order valence-corrected chi connectivity index (χ0v) is 10.3. The molecule has 92 valence electrons. The molecule has 1 aromatic rings. The second kappa shape index (κ2) is 7.09. The van der Waals surface area contributed by atoms with Crippen molar-refractivity contribution in [3.63, 3.8) is 0 Å². The molecule has 0 spiro atoms. The summed E-state index contributed by atoms with van der Waals surface area (Å²) in [5.74, 6) is -0.961. The van der Waals surface area contributed by atoms with Gasteiger partial charge in [0.1, 0.15) is 6.29 Å². The van der Waals surface area contributed by atoms with Crippen molar-refractivity contribution >= 4 is 24.0 Å². The summed E-state index contributed by atoms with van der Waals surface area (Å²) in [6.45, 7) is 0. The van der Waals surface area contributed by atoms with Gasteiger partial charge in [-0.2, -0.15) is 0 Å². The van der Waals surface area contributed by atoms with Gasteiger partial charge in [-0.05, 0) is 12.6 Å². The first-order valence-corrected chi connectivity index (χ1v) is 6.16. The van der Waals surface area contributed by atoms with E-state index in [1.54, 1.807) is 7.05 Å². The minimum absolute atomic E-state index is 0.0780. The molecular weight excluding hydrogens is 238 g/mol. The van der Waals surface area contributed by atoms with Gasteiger partial charge in [0.25, 0.3) is 0 Å². The Morgan fingerprint density at radius 1 is 1.47 bits per heavy atom. The smallest absolute Gasteiger partial charge is 0.304 e. The van der Waals surface area contributed by atoms with Crippen LogP contribution in [0.5, 0.6) is 0 Å². The molecule has 0 aliphatic carbocycles. The average molecular weight is 253 g/mol. The van der Waals surface area contributed by atoms with Crippen molar-refractivity contribution in [3.8, 4) is 0 Å². The Hall–Kier alpha value is -1.33. The molecule has 2 atom stereocenters. The number of carbonyl (C=O) groups is 2. The number of benzene rings is 1. The lowest BCUT2D eigenvalue weighted by molar-refractivity contribution is -0.137. The SMILES string of the molecule is CNC(SC(C=O)CC(=O)O)c1ccccc1. The van der Waals surface area contributed by atoms with Gasteiger partial charge in [0.15, 0.2) is 0 Å². The number of aldehydes is 1. The highest BCUT2D eigenvalue weighted by atomic mass is 32.2. The number of thioether (sulfide) groups is 1. The quantitative estimate of drug-likeness (QED) is 0.571. The van der Waals surface area contributed by atoms with E-state index in [0.717, 1.165) is 5.56 Å². The van der Waals surface area contributed by atoms with E-state index in [1.807, 2.05) is 30.3 Å². The van der Waals surface area contributed by atoms with E-state index >= 15 is 0 Å². The summed E-state index contributed by atoms with van der Waals surface area (Å²) in [4.78, 5) is 21.4. The monoisotopic (exact) mass is 253 g/mol. The van der Waals surface area contributed by atoms with Crippen molar-refractivity contribution in [2.75, 3.05) is 7.05 Å². The van der Waals surface area contributed by atoms with Crippen LogP contribution in [0, 0.1) is 0 Å². The predicted octanol–water partition coefficient (Wildman–Crippen LogP) is 1.68. The van der Waals surface area contributed by atoms with Crippen molar-refractivity contribution in [1.82, 2.24) is 5.32 Å². The summed E-state index contributed by atoms with van der Waals surface area (Å²) in [6, 6.07) is 9.61. The molecule has 0 radical (unpaired) electrons.